The average Bonchev–Trinajstić information content (AvgIpc) is 2.95. The number of aromatic amines is 1. The topological polar surface area (TPSA) is 45.8 Å². The van der Waals surface area contributed by atoms with Gasteiger partial charge in [-0.3, -0.25) is 4.79 Å². The molecule has 1 aromatic heterocycles. The van der Waals surface area contributed by atoms with Gasteiger partial charge >= 0.3 is 0 Å². The fourth-order valence-electron chi connectivity index (χ4n) is 3.03. The van der Waals surface area contributed by atoms with Gasteiger partial charge in [0, 0.05) is 17.5 Å². The molecule has 0 bridgehead atoms. The molecule has 1 saturated carbocycles. The number of H-pyrrole nitrogens is 1. The highest BCUT2D eigenvalue weighted by Crippen LogP contribution is 2.33. The van der Waals surface area contributed by atoms with Crippen LogP contribution >= 0.6 is 0 Å². The van der Waals surface area contributed by atoms with Crippen molar-refractivity contribution in [3.05, 3.63) is 51.4 Å². The molecule has 0 unspecified atom stereocenters. The summed E-state index contributed by atoms with van der Waals surface area (Å²) in [5.41, 5.74) is 4.27. The Morgan fingerprint density at radius 3 is 2.65 bits per heavy atom. The number of hydrogen-bond acceptors (Lipinski definition) is 2. The molecule has 1 fully saturated rings. The third-order valence-corrected chi connectivity index (χ3v) is 4.18. The molecule has 1 aliphatic carbocycles. The van der Waals surface area contributed by atoms with Gasteiger partial charge in [-0.05, 0) is 38.3 Å². The zero-order valence-electron chi connectivity index (χ0n) is 12.1. The maximum Gasteiger partial charge on any atom is 0.251 e. The van der Waals surface area contributed by atoms with E-state index in [2.05, 4.69) is 37.0 Å². The fourth-order valence-corrected chi connectivity index (χ4v) is 3.03. The van der Waals surface area contributed by atoms with Crippen LogP contribution in [0.4, 0.5) is 0 Å². The molecule has 0 amide bonds. The third-order valence-electron chi connectivity index (χ3n) is 4.18. The first-order chi connectivity index (χ1) is 9.63. The molecule has 104 valence electrons. The Labute approximate surface area is 119 Å². The molecular formula is C17H20N2O. The lowest BCUT2D eigenvalue weighted by molar-refractivity contribution is 0.693. The first-order valence-electron chi connectivity index (χ1n) is 7.32. The summed E-state index contributed by atoms with van der Waals surface area (Å²) >= 11 is 0. The lowest BCUT2D eigenvalue weighted by Gasteiger charge is -2.11. The Balaban J connectivity index is 2.09. The second-order valence-corrected chi connectivity index (χ2v) is 5.82. The number of aromatic nitrogens is 2. The van der Waals surface area contributed by atoms with Crippen LogP contribution in [-0.2, 0) is 0 Å². The smallest absolute Gasteiger partial charge is 0.251 e. The number of hydrogen-bond donors (Lipinski definition) is 1. The van der Waals surface area contributed by atoms with E-state index in [1.54, 1.807) is 6.07 Å². The minimum Gasteiger partial charge on any atom is -0.307 e. The van der Waals surface area contributed by atoms with Crippen molar-refractivity contribution < 1.29 is 0 Å². The monoisotopic (exact) mass is 268 g/mol. The zero-order valence-corrected chi connectivity index (χ0v) is 12.1. The predicted molar refractivity (Wildman–Crippen MR) is 81.0 cm³/mol. The molecule has 0 aliphatic heterocycles. The Kier molecular flexibility index (Phi) is 3.43. The van der Waals surface area contributed by atoms with Gasteiger partial charge in [0.1, 0.15) is 5.82 Å². The number of nitrogens with zero attached hydrogens (tertiary/aromatic N) is 1. The summed E-state index contributed by atoms with van der Waals surface area (Å²) in [4.78, 5) is 19.6. The number of aryl methyl sites for hydroxylation is 2. The quantitative estimate of drug-likeness (QED) is 0.902. The van der Waals surface area contributed by atoms with E-state index in [4.69, 9.17) is 4.98 Å². The lowest BCUT2D eigenvalue weighted by atomic mass is 10.0. The lowest BCUT2D eigenvalue weighted by Crippen LogP contribution is -2.12. The molecule has 1 aromatic carbocycles. The van der Waals surface area contributed by atoms with Crippen LogP contribution in [0, 0.1) is 13.8 Å². The van der Waals surface area contributed by atoms with Crippen LogP contribution < -0.4 is 5.56 Å². The summed E-state index contributed by atoms with van der Waals surface area (Å²) < 4.78 is 0. The molecule has 20 heavy (non-hydrogen) atoms. The SMILES string of the molecule is Cc1ccc(C)c(-c2nc(C3CCCC3)cc(=O)[nH]2)c1. The third kappa shape index (κ3) is 2.53. The molecule has 0 radical (unpaired) electrons. The van der Waals surface area contributed by atoms with Crippen LogP contribution in [0.15, 0.2) is 29.1 Å². The Morgan fingerprint density at radius 2 is 1.90 bits per heavy atom. The maximum atomic E-state index is 11.9. The highest BCUT2D eigenvalue weighted by atomic mass is 16.1. The van der Waals surface area contributed by atoms with Crippen LogP contribution in [0.2, 0.25) is 0 Å². The molecule has 0 saturated heterocycles. The van der Waals surface area contributed by atoms with Crippen molar-refractivity contribution in [1.82, 2.24) is 9.97 Å². The standard InChI is InChI=1S/C17H20N2O/c1-11-7-8-12(2)14(9-11)17-18-15(10-16(20)19-17)13-5-3-4-6-13/h7-10,13H,3-6H2,1-2H3,(H,18,19,20). The molecule has 1 N–H and O–H groups in total. The summed E-state index contributed by atoms with van der Waals surface area (Å²) in [6.45, 7) is 4.11. The highest BCUT2D eigenvalue weighted by molar-refractivity contribution is 5.61. The van der Waals surface area contributed by atoms with Crippen molar-refractivity contribution >= 4 is 0 Å². The van der Waals surface area contributed by atoms with Gasteiger partial charge in [0.2, 0.25) is 0 Å². The van der Waals surface area contributed by atoms with Gasteiger partial charge in [-0.2, -0.15) is 0 Å². The van der Waals surface area contributed by atoms with E-state index in [0.29, 0.717) is 11.7 Å². The van der Waals surface area contributed by atoms with E-state index in [1.165, 1.54) is 18.4 Å². The molecule has 0 atom stereocenters. The van der Waals surface area contributed by atoms with Crippen LogP contribution in [0.1, 0.15) is 48.4 Å². The highest BCUT2D eigenvalue weighted by Gasteiger charge is 2.20. The molecule has 1 heterocycles. The second-order valence-electron chi connectivity index (χ2n) is 5.82. The van der Waals surface area contributed by atoms with E-state index in [1.807, 2.05) is 0 Å². The molecule has 1 aliphatic rings. The minimum atomic E-state index is -0.0437. The summed E-state index contributed by atoms with van der Waals surface area (Å²) in [7, 11) is 0. The van der Waals surface area contributed by atoms with Gasteiger partial charge < -0.3 is 4.98 Å². The van der Waals surface area contributed by atoms with Gasteiger partial charge in [0.25, 0.3) is 5.56 Å². The molecule has 3 heteroatoms. The molecular weight excluding hydrogens is 248 g/mol. The predicted octanol–water partition coefficient (Wildman–Crippen LogP) is 3.71. The molecule has 3 nitrogen and oxygen atoms in total. The average molecular weight is 268 g/mol. The molecule has 2 aromatic rings. The molecule has 3 rings (SSSR count). The van der Waals surface area contributed by atoms with Crippen molar-refractivity contribution in [3.63, 3.8) is 0 Å². The van der Waals surface area contributed by atoms with Crippen LogP contribution in [0.5, 0.6) is 0 Å². The Morgan fingerprint density at radius 1 is 1.15 bits per heavy atom. The van der Waals surface area contributed by atoms with Crippen molar-refractivity contribution in [2.45, 2.75) is 45.4 Å². The number of nitrogens with one attached hydrogen (secondary N) is 1. The Bertz CT molecular complexity index is 682. The van der Waals surface area contributed by atoms with Gasteiger partial charge in [-0.1, -0.05) is 30.5 Å². The largest absolute Gasteiger partial charge is 0.307 e. The first-order valence-corrected chi connectivity index (χ1v) is 7.32. The van der Waals surface area contributed by atoms with E-state index >= 15 is 0 Å². The van der Waals surface area contributed by atoms with Crippen molar-refractivity contribution in [2.24, 2.45) is 0 Å². The normalized spacial score (nSPS) is 15.7. The maximum absolute atomic E-state index is 11.9. The molecule has 0 spiro atoms. The van der Waals surface area contributed by atoms with Crippen molar-refractivity contribution in [2.75, 3.05) is 0 Å². The second kappa shape index (κ2) is 5.23. The van der Waals surface area contributed by atoms with E-state index in [-0.39, 0.29) is 5.56 Å². The van der Waals surface area contributed by atoms with Gasteiger partial charge in [0.15, 0.2) is 0 Å². The number of benzene rings is 1. The van der Waals surface area contributed by atoms with E-state index in [0.717, 1.165) is 29.7 Å². The van der Waals surface area contributed by atoms with Crippen LogP contribution in [0.25, 0.3) is 11.4 Å². The first kappa shape index (κ1) is 13.1. The minimum absolute atomic E-state index is 0.0437. The van der Waals surface area contributed by atoms with Gasteiger partial charge in [0.05, 0.1) is 5.69 Å². The summed E-state index contributed by atoms with van der Waals surface area (Å²) in [6.07, 6.45) is 4.81. The van der Waals surface area contributed by atoms with Gasteiger partial charge in [-0.15, -0.1) is 0 Å². The van der Waals surface area contributed by atoms with Crippen LogP contribution in [0.3, 0.4) is 0 Å². The fraction of sp³-hybridized carbons (Fsp3) is 0.412. The summed E-state index contributed by atoms with van der Waals surface area (Å²) in [5.74, 6) is 1.17. The van der Waals surface area contributed by atoms with Crippen molar-refractivity contribution in [1.29, 1.82) is 0 Å². The van der Waals surface area contributed by atoms with E-state index < -0.39 is 0 Å². The summed E-state index contributed by atoms with van der Waals surface area (Å²) in [6, 6.07) is 7.92. The summed E-state index contributed by atoms with van der Waals surface area (Å²) in [5, 5.41) is 0. The van der Waals surface area contributed by atoms with Crippen molar-refractivity contribution in [3.8, 4) is 11.4 Å². The van der Waals surface area contributed by atoms with Crippen LogP contribution in [-0.4, -0.2) is 9.97 Å². The van der Waals surface area contributed by atoms with E-state index in [9.17, 15) is 4.79 Å². The zero-order chi connectivity index (χ0) is 14.1. The number of rotatable bonds is 2. The van der Waals surface area contributed by atoms with Gasteiger partial charge in [-0.25, -0.2) is 4.98 Å². The Hall–Kier alpha value is -1.90.